The van der Waals surface area contributed by atoms with Gasteiger partial charge in [0.2, 0.25) is 5.95 Å². The van der Waals surface area contributed by atoms with E-state index in [1.54, 1.807) is 0 Å². The summed E-state index contributed by atoms with van der Waals surface area (Å²) in [7, 11) is 1.95. The second-order valence-corrected chi connectivity index (χ2v) is 7.91. The van der Waals surface area contributed by atoms with Gasteiger partial charge in [-0.25, -0.2) is 9.97 Å². The van der Waals surface area contributed by atoms with E-state index in [9.17, 15) is 0 Å². The molecular formula is C22H26N6. The zero-order chi connectivity index (χ0) is 18.9. The fraction of sp³-hybridized carbons (Fsp3) is 0.409. The quantitative estimate of drug-likeness (QED) is 0.762. The van der Waals surface area contributed by atoms with Crippen LogP contribution in [0.25, 0.3) is 11.3 Å². The predicted octanol–water partition coefficient (Wildman–Crippen LogP) is 3.30. The van der Waals surface area contributed by atoms with Crippen LogP contribution in [0, 0.1) is 5.92 Å². The van der Waals surface area contributed by atoms with Crippen LogP contribution < -0.4 is 10.2 Å². The summed E-state index contributed by atoms with van der Waals surface area (Å²) >= 11 is 0. The Kier molecular flexibility index (Phi) is 4.47. The van der Waals surface area contributed by atoms with E-state index in [4.69, 9.17) is 9.97 Å². The number of aromatic nitrogens is 4. The number of anilines is 2. The van der Waals surface area contributed by atoms with Crippen LogP contribution in [-0.2, 0) is 19.9 Å². The van der Waals surface area contributed by atoms with E-state index in [-0.39, 0.29) is 0 Å². The monoisotopic (exact) mass is 374 g/mol. The lowest BCUT2D eigenvalue weighted by atomic mass is 9.90. The molecule has 4 heterocycles. The van der Waals surface area contributed by atoms with Gasteiger partial charge in [-0.3, -0.25) is 4.68 Å². The average Bonchev–Trinajstić information content (AvgIpc) is 3.01. The Morgan fingerprint density at radius 2 is 1.96 bits per heavy atom. The van der Waals surface area contributed by atoms with Gasteiger partial charge in [0.15, 0.2) is 5.82 Å². The van der Waals surface area contributed by atoms with Crippen LogP contribution in [0.1, 0.15) is 24.0 Å². The molecule has 1 saturated heterocycles. The minimum Gasteiger partial charge on any atom is -0.368 e. The molecule has 2 aliphatic rings. The van der Waals surface area contributed by atoms with Crippen LogP contribution in [-0.4, -0.2) is 39.4 Å². The van der Waals surface area contributed by atoms with Crippen molar-refractivity contribution in [2.24, 2.45) is 13.0 Å². The van der Waals surface area contributed by atoms with Gasteiger partial charge in [0.05, 0.1) is 11.3 Å². The molecule has 2 aromatic heterocycles. The summed E-state index contributed by atoms with van der Waals surface area (Å²) in [4.78, 5) is 12.0. The van der Waals surface area contributed by atoms with Crippen molar-refractivity contribution in [1.82, 2.24) is 19.7 Å². The molecule has 6 heteroatoms. The Morgan fingerprint density at radius 3 is 2.79 bits per heavy atom. The van der Waals surface area contributed by atoms with Gasteiger partial charge >= 0.3 is 0 Å². The summed E-state index contributed by atoms with van der Waals surface area (Å²) in [5, 5.41) is 7.94. The first-order valence-electron chi connectivity index (χ1n) is 10.2. The molecule has 0 aliphatic carbocycles. The molecule has 6 nitrogen and oxygen atoms in total. The molecule has 0 unspecified atom stereocenters. The summed E-state index contributed by atoms with van der Waals surface area (Å²) in [6, 6.07) is 10.8. The first-order chi connectivity index (χ1) is 13.8. The molecule has 0 spiro atoms. The molecule has 0 radical (unpaired) electrons. The highest BCUT2D eigenvalue weighted by atomic mass is 15.3. The van der Waals surface area contributed by atoms with Crippen LogP contribution in [0.15, 0.2) is 42.7 Å². The number of hydrogen-bond donors (Lipinski definition) is 1. The highest BCUT2D eigenvalue weighted by molar-refractivity contribution is 5.76. The van der Waals surface area contributed by atoms with Gasteiger partial charge in [-0.15, -0.1) is 0 Å². The summed E-state index contributed by atoms with van der Waals surface area (Å²) in [5.74, 6) is 2.52. The SMILES string of the molecule is Cn1cc2c(n1)NCCc1cnc(N3CCC(Cc4ccccc4)CC3)nc1-2. The van der Waals surface area contributed by atoms with Gasteiger partial charge < -0.3 is 10.2 Å². The molecular weight excluding hydrogens is 348 g/mol. The van der Waals surface area contributed by atoms with E-state index in [0.29, 0.717) is 0 Å². The van der Waals surface area contributed by atoms with E-state index in [1.165, 1.54) is 30.4 Å². The number of rotatable bonds is 3. The molecule has 0 atom stereocenters. The van der Waals surface area contributed by atoms with Crippen molar-refractivity contribution in [3.8, 4) is 11.3 Å². The highest BCUT2D eigenvalue weighted by Crippen LogP contribution is 2.32. The van der Waals surface area contributed by atoms with Gasteiger partial charge in [-0.05, 0) is 42.7 Å². The van der Waals surface area contributed by atoms with E-state index in [0.717, 1.165) is 55.0 Å². The van der Waals surface area contributed by atoms with Gasteiger partial charge in [0.25, 0.3) is 0 Å². The minimum atomic E-state index is 0.744. The second-order valence-electron chi connectivity index (χ2n) is 7.91. The molecule has 0 amide bonds. The van der Waals surface area contributed by atoms with E-state index >= 15 is 0 Å². The Morgan fingerprint density at radius 1 is 1.14 bits per heavy atom. The van der Waals surface area contributed by atoms with Gasteiger partial charge in [0, 0.05) is 39.1 Å². The molecule has 3 aromatic rings. The smallest absolute Gasteiger partial charge is 0.225 e. The molecule has 1 aromatic carbocycles. The van der Waals surface area contributed by atoms with Crippen LogP contribution in [0.3, 0.4) is 0 Å². The predicted molar refractivity (Wildman–Crippen MR) is 112 cm³/mol. The number of fused-ring (bicyclic) bond motifs is 3. The van der Waals surface area contributed by atoms with Crippen molar-refractivity contribution in [3.05, 3.63) is 53.9 Å². The maximum atomic E-state index is 4.98. The minimum absolute atomic E-state index is 0.744. The Bertz CT molecular complexity index is 956. The summed E-state index contributed by atoms with van der Waals surface area (Å²) in [6.45, 7) is 2.91. The van der Waals surface area contributed by atoms with Gasteiger partial charge in [-0.2, -0.15) is 5.10 Å². The van der Waals surface area contributed by atoms with E-state index < -0.39 is 0 Å². The molecule has 0 bridgehead atoms. The van der Waals surface area contributed by atoms with Crippen molar-refractivity contribution >= 4 is 11.8 Å². The summed E-state index contributed by atoms with van der Waals surface area (Å²) in [6.07, 6.45) is 8.54. The molecule has 5 rings (SSSR count). The average molecular weight is 374 g/mol. The van der Waals surface area contributed by atoms with Crippen LogP contribution >= 0.6 is 0 Å². The van der Waals surface area contributed by atoms with Crippen molar-refractivity contribution in [2.45, 2.75) is 25.7 Å². The van der Waals surface area contributed by atoms with Crippen molar-refractivity contribution in [2.75, 3.05) is 29.9 Å². The second kappa shape index (κ2) is 7.26. The maximum Gasteiger partial charge on any atom is 0.225 e. The third kappa shape index (κ3) is 3.35. The molecule has 28 heavy (non-hydrogen) atoms. The Hall–Kier alpha value is -2.89. The highest BCUT2D eigenvalue weighted by Gasteiger charge is 2.24. The van der Waals surface area contributed by atoms with Gasteiger partial charge in [-0.1, -0.05) is 30.3 Å². The standard InChI is InChI=1S/C22H26N6/c1-27-15-19-20-18(7-10-23-21(19)26-27)14-24-22(25-20)28-11-8-17(9-12-28)13-16-5-3-2-4-6-16/h2-6,14-15,17H,7-13H2,1H3,(H,23,26). The number of nitrogens with zero attached hydrogens (tertiary/aromatic N) is 5. The fourth-order valence-electron chi connectivity index (χ4n) is 4.36. The molecule has 1 fully saturated rings. The number of aryl methyl sites for hydroxylation is 1. The Balaban J connectivity index is 1.33. The first-order valence-corrected chi connectivity index (χ1v) is 10.2. The normalized spacial score (nSPS) is 16.8. The number of nitrogens with one attached hydrogen (secondary N) is 1. The van der Waals surface area contributed by atoms with E-state index in [2.05, 4.69) is 51.8 Å². The lowest BCUT2D eigenvalue weighted by molar-refractivity contribution is 0.400. The topological polar surface area (TPSA) is 58.9 Å². The first kappa shape index (κ1) is 17.2. The van der Waals surface area contributed by atoms with Crippen molar-refractivity contribution < 1.29 is 0 Å². The van der Waals surface area contributed by atoms with Crippen LogP contribution in [0.4, 0.5) is 11.8 Å². The zero-order valence-corrected chi connectivity index (χ0v) is 16.3. The number of benzene rings is 1. The summed E-state index contributed by atoms with van der Waals surface area (Å²) < 4.78 is 1.85. The van der Waals surface area contributed by atoms with Crippen molar-refractivity contribution in [3.63, 3.8) is 0 Å². The largest absolute Gasteiger partial charge is 0.368 e. The zero-order valence-electron chi connectivity index (χ0n) is 16.3. The fourth-order valence-corrected chi connectivity index (χ4v) is 4.36. The third-order valence-electron chi connectivity index (χ3n) is 5.89. The third-order valence-corrected chi connectivity index (χ3v) is 5.89. The lowest BCUT2D eigenvalue weighted by Crippen LogP contribution is -2.35. The molecule has 0 saturated carbocycles. The van der Waals surface area contributed by atoms with E-state index in [1.807, 2.05) is 17.9 Å². The van der Waals surface area contributed by atoms with Crippen LogP contribution in [0.2, 0.25) is 0 Å². The van der Waals surface area contributed by atoms with Crippen molar-refractivity contribution in [1.29, 1.82) is 0 Å². The maximum absolute atomic E-state index is 4.98. The molecule has 144 valence electrons. The van der Waals surface area contributed by atoms with Crippen LogP contribution in [0.5, 0.6) is 0 Å². The molecule has 2 aliphatic heterocycles. The lowest BCUT2D eigenvalue weighted by Gasteiger charge is -2.32. The number of hydrogen-bond acceptors (Lipinski definition) is 5. The number of piperidine rings is 1. The van der Waals surface area contributed by atoms with Gasteiger partial charge in [0.1, 0.15) is 0 Å². The summed E-state index contributed by atoms with van der Waals surface area (Å²) in [5.41, 5.74) is 4.75. The Labute approximate surface area is 165 Å². The molecule has 1 N–H and O–H groups in total.